The van der Waals surface area contributed by atoms with Gasteiger partial charge in [-0.1, -0.05) is 25.3 Å². The van der Waals surface area contributed by atoms with Crippen LogP contribution in [-0.4, -0.2) is 36.4 Å². The lowest BCUT2D eigenvalue weighted by atomic mass is 10.1. The first-order chi connectivity index (χ1) is 11.7. The van der Waals surface area contributed by atoms with E-state index in [9.17, 15) is 9.59 Å². The summed E-state index contributed by atoms with van der Waals surface area (Å²) < 4.78 is 0. The number of hydrogen-bond donors (Lipinski definition) is 2. The molecule has 1 unspecified atom stereocenters. The van der Waals surface area contributed by atoms with Crippen LogP contribution in [0.25, 0.3) is 0 Å². The Morgan fingerprint density at radius 3 is 2.71 bits per heavy atom. The smallest absolute Gasteiger partial charge is 0.225 e. The Morgan fingerprint density at radius 1 is 1.25 bits per heavy atom. The minimum atomic E-state index is -0.251. The van der Waals surface area contributed by atoms with Crippen molar-refractivity contribution in [3.8, 4) is 0 Å². The zero-order chi connectivity index (χ0) is 16.8. The van der Waals surface area contributed by atoms with Crippen LogP contribution in [0.15, 0.2) is 18.3 Å². The third kappa shape index (κ3) is 4.24. The maximum Gasteiger partial charge on any atom is 0.225 e. The highest BCUT2D eigenvalue weighted by Gasteiger charge is 2.27. The molecule has 0 aromatic carbocycles. The van der Waals surface area contributed by atoms with Crippen molar-refractivity contribution in [2.45, 2.75) is 45.1 Å². The summed E-state index contributed by atoms with van der Waals surface area (Å²) in [7, 11) is 0. The average molecular weight is 330 g/mol. The zero-order valence-electron chi connectivity index (χ0n) is 14.1. The van der Waals surface area contributed by atoms with Crippen LogP contribution in [0.5, 0.6) is 0 Å². The molecule has 1 atom stereocenters. The Balaban J connectivity index is 1.63. The molecule has 0 bridgehead atoms. The number of carbonyl (C=O) groups is 2. The lowest BCUT2D eigenvalue weighted by Gasteiger charge is -2.27. The molecule has 3 rings (SSSR count). The molecule has 0 aliphatic carbocycles. The normalized spacial score (nSPS) is 21.8. The monoisotopic (exact) mass is 330 g/mol. The van der Waals surface area contributed by atoms with Gasteiger partial charge in [0.25, 0.3) is 0 Å². The van der Waals surface area contributed by atoms with E-state index in [-0.39, 0.29) is 24.2 Å². The van der Waals surface area contributed by atoms with Crippen LogP contribution in [0, 0.1) is 5.92 Å². The molecule has 6 heteroatoms. The molecular formula is C18H26N4O2. The van der Waals surface area contributed by atoms with Gasteiger partial charge in [-0.3, -0.25) is 9.59 Å². The Labute approximate surface area is 143 Å². The number of nitrogens with zero attached hydrogens (tertiary/aromatic N) is 2. The van der Waals surface area contributed by atoms with E-state index in [0.29, 0.717) is 13.1 Å². The van der Waals surface area contributed by atoms with Crippen molar-refractivity contribution >= 4 is 17.6 Å². The van der Waals surface area contributed by atoms with E-state index in [1.165, 1.54) is 32.1 Å². The average Bonchev–Trinajstić information content (AvgIpc) is 2.99. The van der Waals surface area contributed by atoms with E-state index in [4.69, 9.17) is 0 Å². The summed E-state index contributed by atoms with van der Waals surface area (Å²) >= 11 is 0. The molecule has 1 aromatic heterocycles. The molecule has 24 heavy (non-hydrogen) atoms. The van der Waals surface area contributed by atoms with E-state index in [1.54, 1.807) is 0 Å². The van der Waals surface area contributed by atoms with Crippen molar-refractivity contribution in [2.75, 3.05) is 24.5 Å². The first-order valence-electron chi connectivity index (χ1n) is 8.97. The Hall–Kier alpha value is -2.11. The highest BCUT2D eigenvalue weighted by molar-refractivity contribution is 5.89. The predicted molar refractivity (Wildman–Crippen MR) is 92.5 cm³/mol. The molecule has 1 aromatic rings. The van der Waals surface area contributed by atoms with Gasteiger partial charge in [0.2, 0.25) is 11.8 Å². The van der Waals surface area contributed by atoms with E-state index < -0.39 is 0 Å². The second-order valence-corrected chi connectivity index (χ2v) is 6.66. The summed E-state index contributed by atoms with van der Waals surface area (Å²) in [5.41, 5.74) is 1.05. The molecule has 2 aliphatic rings. The Morgan fingerprint density at radius 2 is 2.00 bits per heavy atom. The van der Waals surface area contributed by atoms with Gasteiger partial charge in [0.05, 0.1) is 5.92 Å². The topological polar surface area (TPSA) is 74.3 Å². The first kappa shape index (κ1) is 16.7. The number of rotatable bonds is 4. The van der Waals surface area contributed by atoms with Crippen LogP contribution in [0.4, 0.5) is 5.82 Å². The fourth-order valence-corrected chi connectivity index (χ4v) is 3.43. The molecule has 3 heterocycles. The zero-order valence-corrected chi connectivity index (χ0v) is 14.1. The van der Waals surface area contributed by atoms with Gasteiger partial charge < -0.3 is 15.5 Å². The number of aromatic nitrogens is 1. The largest absolute Gasteiger partial charge is 0.356 e. The molecule has 2 aliphatic heterocycles. The van der Waals surface area contributed by atoms with Crippen molar-refractivity contribution < 1.29 is 9.59 Å². The quantitative estimate of drug-likeness (QED) is 0.879. The van der Waals surface area contributed by atoms with Gasteiger partial charge in [0.15, 0.2) is 0 Å². The fourth-order valence-electron chi connectivity index (χ4n) is 3.43. The van der Waals surface area contributed by atoms with Gasteiger partial charge in [0.1, 0.15) is 5.82 Å². The maximum absolute atomic E-state index is 12.2. The van der Waals surface area contributed by atoms with Gasteiger partial charge >= 0.3 is 0 Å². The van der Waals surface area contributed by atoms with E-state index in [1.807, 2.05) is 18.3 Å². The summed E-state index contributed by atoms with van der Waals surface area (Å²) in [6, 6.07) is 3.94. The number of amides is 2. The Bertz CT molecular complexity index is 582. The van der Waals surface area contributed by atoms with Crippen LogP contribution in [0.3, 0.4) is 0 Å². The second-order valence-electron chi connectivity index (χ2n) is 6.66. The van der Waals surface area contributed by atoms with Gasteiger partial charge in [-0.15, -0.1) is 0 Å². The predicted octanol–water partition coefficient (Wildman–Crippen LogP) is 1.60. The molecule has 2 N–H and O–H groups in total. The molecule has 130 valence electrons. The summed E-state index contributed by atoms with van der Waals surface area (Å²) in [4.78, 5) is 30.4. The van der Waals surface area contributed by atoms with Crippen LogP contribution in [0.1, 0.15) is 44.1 Å². The lowest BCUT2D eigenvalue weighted by molar-refractivity contribution is -0.126. The van der Waals surface area contributed by atoms with Gasteiger partial charge in [-0.05, 0) is 18.9 Å². The van der Waals surface area contributed by atoms with Crippen LogP contribution in [0.2, 0.25) is 0 Å². The molecular weight excluding hydrogens is 304 g/mol. The highest BCUT2D eigenvalue weighted by Crippen LogP contribution is 2.21. The van der Waals surface area contributed by atoms with E-state index in [0.717, 1.165) is 24.5 Å². The number of nitrogens with one attached hydrogen (secondary N) is 2. The number of hydrogen-bond acceptors (Lipinski definition) is 4. The van der Waals surface area contributed by atoms with Crippen molar-refractivity contribution in [3.63, 3.8) is 0 Å². The summed E-state index contributed by atoms with van der Waals surface area (Å²) in [5, 5.41) is 5.68. The molecule has 2 amide bonds. The first-order valence-corrected chi connectivity index (χ1v) is 8.97. The maximum atomic E-state index is 12.2. The molecule has 6 nitrogen and oxygen atoms in total. The van der Waals surface area contributed by atoms with Gasteiger partial charge in [-0.25, -0.2) is 4.98 Å². The van der Waals surface area contributed by atoms with Crippen molar-refractivity contribution in [2.24, 2.45) is 5.92 Å². The molecule has 0 radical (unpaired) electrons. The fraction of sp³-hybridized carbons (Fsp3) is 0.611. The molecule has 2 fully saturated rings. The van der Waals surface area contributed by atoms with Crippen LogP contribution >= 0.6 is 0 Å². The third-order valence-corrected chi connectivity index (χ3v) is 4.82. The molecule has 2 saturated heterocycles. The minimum absolute atomic E-state index is 0.0437. The van der Waals surface area contributed by atoms with E-state index in [2.05, 4.69) is 20.5 Å². The van der Waals surface area contributed by atoms with Gasteiger partial charge in [0, 0.05) is 44.4 Å². The number of anilines is 1. The standard InChI is InChI=1S/C18H26N4O2/c23-16-11-15(13-20-16)18(24)21-12-14-7-6-8-19-17(14)22-9-4-2-1-3-5-10-22/h6-8,15H,1-5,9-13H2,(H,20,23)(H,21,24). The minimum Gasteiger partial charge on any atom is -0.356 e. The number of pyridine rings is 1. The SMILES string of the molecule is O=C1CC(C(=O)NCc2cccnc2N2CCCCCCC2)CN1. The number of carbonyl (C=O) groups excluding carboxylic acids is 2. The van der Waals surface area contributed by atoms with Crippen LogP contribution < -0.4 is 15.5 Å². The van der Waals surface area contributed by atoms with Crippen molar-refractivity contribution in [1.29, 1.82) is 0 Å². The molecule has 0 spiro atoms. The Kier molecular flexibility index (Phi) is 5.67. The van der Waals surface area contributed by atoms with Crippen molar-refractivity contribution in [1.82, 2.24) is 15.6 Å². The van der Waals surface area contributed by atoms with Crippen LogP contribution in [-0.2, 0) is 16.1 Å². The third-order valence-electron chi connectivity index (χ3n) is 4.82. The summed E-state index contributed by atoms with van der Waals surface area (Å²) in [6.07, 6.45) is 8.37. The van der Waals surface area contributed by atoms with Crippen molar-refractivity contribution in [3.05, 3.63) is 23.9 Å². The van der Waals surface area contributed by atoms with E-state index >= 15 is 0 Å². The van der Waals surface area contributed by atoms with Gasteiger partial charge in [-0.2, -0.15) is 0 Å². The second kappa shape index (κ2) is 8.13. The summed E-state index contributed by atoms with van der Waals surface area (Å²) in [6.45, 7) is 2.96. The lowest BCUT2D eigenvalue weighted by Crippen LogP contribution is -2.33. The molecule has 0 saturated carbocycles. The highest BCUT2D eigenvalue weighted by atomic mass is 16.2. The summed E-state index contributed by atoms with van der Waals surface area (Å²) in [5.74, 6) is 0.633.